The van der Waals surface area contributed by atoms with Gasteiger partial charge in [0.15, 0.2) is 0 Å². The lowest BCUT2D eigenvalue weighted by Gasteiger charge is -2.32. The molecule has 0 radical (unpaired) electrons. The lowest BCUT2D eigenvalue weighted by Crippen LogP contribution is -2.33. The van der Waals surface area contributed by atoms with Crippen LogP contribution in [0.5, 0.6) is 5.75 Å². The second kappa shape index (κ2) is 6.17. The van der Waals surface area contributed by atoms with E-state index in [2.05, 4.69) is 51.2 Å². The number of aryl methyl sites for hydroxylation is 1. The monoisotopic (exact) mass is 275 g/mol. The smallest absolute Gasteiger partial charge is 0.119 e. The fourth-order valence-corrected chi connectivity index (χ4v) is 2.75. The van der Waals surface area contributed by atoms with Crippen LogP contribution in [0.25, 0.3) is 0 Å². The Morgan fingerprint density at radius 3 is 2.75 bits per heavy atom. The molecular weight excluding hydrogens is 246 g/mol. The highest BCUT2D eigenvalue weighted by Crippen LogP contribution is 2.33. The van der Waals surface area contributed by atoms with Crippen LogP contribution in [0.3, 0.4) is 0 Å². The number of fused-ring (bicyclic) bond motifs is 1. The van der Waals surface area contributed by atoms with Gasteiger partial charge in [0.2, 0.25) is 0 Å². The van der Waals surface area contributed by atoms with Crippen molar-refractivity contribution in [1.29, 1.82) is 0 Å². The van der Waals surface area contributed by atoms with Crippen molar-refractivity contribution < 1.29 is 4.74 Å². The van der Waals surface area contributed by atoms with Gasteiger partial charge in [0.1, 0.15) is 5.75 Å². The number of ether oxygens (including phenoxy) is 1. The molecule has 1 aliphatic carbocycles. The van der Waals surface area contributed by atoms with Gasteiger partial charge in [-0.2, -0.15) is 0 Å². The Morgan fingerprint density at radius 1 is 1.35 bits per heavy atom. The Labute approximate surface area is 123 Å². The van der Waals surface area contributed by atoms with Gasteiger partial charge >= 0.3 is 0 Å². The molecule has 0 aliphatic heterocycles. The quantitative estimate of drug-likeness (QED) is 0.882. The van der Waals surface area contributed by atoms with Crippen LogP contribution < -0.4 is 10.1 Å². The Morgan fingerprint density at radius 2 is 2.10 bits per heavy atom. The van der Waals surface area contributed by atoms with Gasteiger partial charge in [-0.3, -0.25) is 0 Å². The summed E-state index contributed by atoms with van der Waals surface area (Å²) in [6.07, 6.45) is 3.69. The van der Waals surface area contributed by atoms with Crippen molar-refractivity contribution in [3.05, 3.63) is 29.3 Å². The van der Waals surface area contributed by atoms with Crippen molar-refractivity contribution in [3.8, 4) is 5.75 Å². The minimum atomic E-state index is 0.365. The van der Waals surface area contributed by atoms with Gasteiger partial charge in [-0.05, 0) is 60.4 Å². The first-order valence-corrected chi connectivity index (χ1v) is 7.82. The number of rotatable bonds is 4. The Balaban J connectivity index is 2.05. The Hall–Kier alpha value is -1.02. The number of nitrogens with one attached hydrogen (secondary N) is 1. The van der Waals surface area contributed by atoms with Crippen LogP contribution in [-0.2, 0) is 6.42 Å². The molecule has 2 unspecified atom stereocenters. The van der Waals surface area contributed by atoms with E-state index in [4.69, 9.17) is 4.74 Å². The summed E-state index contributed by atoms with van der Waals surface area (Å²) in [6, 6.07) is 7.05. The molecule has 2 atom stereocenters. The molecule has 112 valence electrons. The molecule has 0 saturated carbocycles. The van der Waals surface area contributed by atoms with Crippen LogP contribution in [-0.4, -0.2) is 13.7 Å². The topological polar surface area (TPSA) is 21.3 Å². The molecule has 0 spiro atoms. The van der Waals surface area contributed by atoms with Crippen LogP contribution in [0.4, 0.5) is 0 Å². The summed E-state index contributed by atoms with van der Waals surface area (Å²) in [7, 11) is 1.74. The fraction of sp³-hybridized carbons (Fsp3) is 0.667. The van der Waals surface area contributed by atoms with Gasteiger partial charge in [0.05, 0.1) is 7.11 Å². The van der Waals surface area contributed by atoms with E-state index in [-0.39, 0.29) is 0 Å². The molecule has 1 aromatic rings. The largest absolute Gasteiger partial charge is 0.497 e. The average molecular weight is 275 g/mol. The maximum atomic E-state index is 5.34. The number of benzene rings is 1. The fourth-order valence-electron chi connectivity index (χ4n) is 2.75. The first-order valence-electron chi connectivity index (χ1n) is 7.82. The molecule has 2 rings (SSSR count). The van der Waals surface area contributed by atoms with Gasteiger partial charge < -0.3 is 10.1 Å². The zero-order chi connectivity index (χ0) is 14.8. The van der Waals surface area contributed by atoms with E-state index < -0.39 is 0 Å². The van der Waals surface area contributed by atoms with Crippen LogP contribution in [0, 0.1) is 11.3 Å². The van der Waals surface area contributed by atoms with Crippen LogP contribution in [0.1, 0.15) is 57.7 Å². The van der Waals surface area contributed by atoms with Crippen molar-refractivity contribution in [2.45, 2.75) is 53.0 Å². The minimum absolute atomic E-state index is 0.365. The summed E-state index contributed by atoms with van der Waals surface area (Å²) in [5.41, 5.74) is 3.29. The van der Waals surface area contributed by atoms with Crippen LogP contribution in [0.15, 0.2) is 18.2 Å². The molecule has 0 heterocycles. The summed E-state index contributed by atoms with van der Waals surface area (Å²) in [6.45, 7) is 10.4. The van der Waals surface area contributed by atoms with E-state index >= 15 is 0 Å². The number of hydrogen-bond acceptors (Lipinski definition) is 2. The highest BCUT2D eigenvalue weighted by molar-refractivity contribution is 5.39. The summed E-state index contributed by atoms with van der Waals surface area (Å²) in [5, 5.41) is 3.78. The summed E-state index contributed by atoms with van der Waals surface area (Å²) >= 11 is 0. The third kappa shape index (κ3) is 3.54. The van der Waals surface area contributed by atoms with E-state index in [0.717, 1.165) is 12.3 Å². The van der Waals surface area contributed by atoms with Crippen LogP contribution >= 0.6 is 0 Å². The van der Waals surface area contributed by atoms with Gasteiger partial charge in [-0.15, -0.1) is 0 Å². The molecule has 20 heavy (non-hydrogen) atoms. The second-order valence-corrected chi connectivity index (χ2v) is 7.18. The third-order valence-electron chi connectivity index (χ3n) is 4.81. The molecule has 1 aliphatic rings. The molecule has 1 aromatic carbocycles. The zero-order valence-electron chi connectivity index (χ0n) is 13.6. The normalized spacial score (nSPS) is 20.4. The Bertz CT molecular complexity index is 447. The summed E-state index contributed by atoms with van der Waals surface area (Å²) in [5.74, 6) is 1.65. The van der Waals surface area contributed by atoms with Crippen molar-refractivity contribution in [2.24, 2.45) is 11.3 Å². The predicted molar refractivity (Wildman–Crippen MR) is 85.3 cm³/mol. The number of hydrogen-bond donors (Lipinski definition) is 1. The van der Waals surface area contributed by atoms with E-state index in [1.165, 1.54) is 30.4 Å². The van der Waals surface area contributed by atoms with Crippen molar-refractivity contribution in [2.75, 3.05) is 13.7 Å². The van der Waals surface area contributed by atoms with Gasteiger partial charge in [0.25, 0.3) is 0 Å². The van der Waals surface area contributed by atoms with Gasteiger partial charge in [-0.25, -0.2) is 0 Å². The van der Waals surface area contributed by atoms with E-state index in [9.17, 15) is 0 Å². The lowest BCUT2D eigenvalue weighted by atomic mass is 9.81. The summed E-state index contributed by atoms with van der Waals surface area (Å²) < 4.78 is 5.34. The zero-order valence-corrected chi connectivity index (χ0v) is 13.6. The minimum Gasteiger partial charge on any atom is -0.497 e. The van der Waals surface area contributed by atoms with E-state index in [1.54, 1.807) is 7.11 Å². The van der Waals surface area contributed by atoms with E-state index in [0.29, 0.717) is 17.4 Å². The molecule has 0 saturated heterocycles. The Kier molecular flexibility index (Phi) is 4.74. The summed E-state index contributed by atoms with van der Waals surface area (Å²) in [4.78, 5) is 0. The third-order valence-corrected chi connectivity index (χ3v) is 4.81. The van der Waals surface area contributed by atoms with Crippen molar-refractivity contribution >= 4 is 0 Å². The standard InChI is InChI=1S/C18H29NO/c1-13(18(2,3)4)12-19-17-8-6-7-14-11-15(20-5)9-10-16(14)17/h9-11,13,17,19H,6-8,12H2,1-5H3. The maximum Gasteiger partial charge on any atom is 0.119 e. The molecular formula is C18H29NO. The number of methoxy groups -OCH3 is 1. The molecule has 1 N–H and O–H groups in total. The first-order chi connectivity index (χ1) is 9.41. The van der Waals surface area contributed by atoms with Crippen molar-refractivity contribution in [1.82, 2.24) is 5.32 Å². The molecule has 0 bridgehead atoms. The maximum absolute atomic E-state index is 5.34. The van der Waals surface area contributed by atoms with E-state index in [1.807, 2.05) is 0 Å². The molecule has 2 heteroatoms. The molecule has 0 aromatic heterocycles. The second-order valence-electron chi connectivity index (χ2n) is 7.18. The lowest BCUT2D eigenvalue weighted by molar-refractivity contribution is 0.242. The first kappa shape index (κ1) is 15.4. The van der Waals surface area contributed by atoms with Gasteiger partial charge in [0, 0.05) is 6.04 Å². The highest BCUT2D eigenvalue weighted by Gasteiger charge is 2.24. The molecule has 0 fully saturated rings. The molecule has 2 nitrogen and oxygen atoms in total. The van der Waals surface area contributed by atoms with Crippen LogP contribution in [0.2, 0.25) is 0 Å². The SMILES string of the molecule is COc1ccc2c(c1)CCCC2NCC(C)C(C)(C)C. The predicted octanol–water partition coefficient (Wildman–Crippen LogP) is 4.34. The average Bonchev–Trinajstić information content (AvgIpc) is 2.42. The van der Waals surface area contributed by atoms with Gasteiger partial charge in [-0.1, -0.05) is 33.8 Å². The highest BCUT2D eigenvalue weighted by atomic mass is 16.5. The molecule has 0 amide bonds. The van der Waals surface area contributed by atoms with Crippen molar-refractivity contribution in [3.63, 3.8) is 0 Å².